The van der Waals surface area contributed by atoms with Gasteiger partial charge in [-0.25, -0.2) is 0 Å². The minimum Gasteiger partial charge on any atom is -0.493 e. The number of aliphatic hydroxyl groups excluding tert-OH is 1. The molecule has 0 aliphatic rings. The van der Waals surface area contributed by atoms with Crippen molar-refractivity contribution in [3.63, 3.8) is 0 Å². The van der Waals surface area contributed by atoms with Crippen LogP contribution >= 0.6 is 0 Å². The number of hydrogen-bond acceptors (Lipinski definition) is 3. The summed E-state index contributed by atoms with van der Waals surface area (Å²) in [7, 11) is 0. The highest BCUT2D eigenvalue weighted by Crippen LogP contribution is 2.23. The first kappa shape index (κ1) is 15.0. The van der Waals surface area contributed by atoms with Gasteiger partial charge in [-0.1, -0.05) is 24.6 Å². The Balaban J connectivity index is 2.68. The summed E-state index contributed by atoms with van der Waals surface area (Å²) in [6.45, 7) is 5.63. The molecule has 0 aromatic heterocycles. The largest absolute Gasteiger partial charge is 0.493 e. The molecule has 0 saturated carbocycles. The molecular weight excluding hydrogens is 226 g/mol. The van der Waals surface area contributed by atoms with E-state index in [4.69, 9.17) is 15.6 Å². The maximum Gasteiger partial charge on any atom is 0.122 e. The van der Waals surface area contributed by atoms with E-state index in [1.54, 1.807) is 0 Å². The number of ether oxygens (including phenoxy) is 1. The molecule has 3 N–H and O–H groups in total. The zero-order valence-corrected chi connectivity index (χ0v) is 11.5. The van der Waals surface area contributed by atoms with Crippen molar-refractivity contribution in [2.45, 2.75) is 33.1 Å². The summed E-state index contributed by atoms with van der Waals surface area (Å²) in [5, 5.41) is 9.16. The van der Waals surface area contributed by atoms with E-state index in [9.17, 15) is 0 Å². The van der Waals surface area contributed by atoms with Gasteiger partial charge in [0, 0.05) is 6.61 Å². The monoisotopic (exact) mass is 251 g/mol. The summed E-state index contributed by atoms with van der Waals surface area (Å²) < 4.78 is 5.75. The summed E-state index contributed by atoms with van der Waals surface area (Å²) in [5.41, 5.74) is 8.06. The molecule has 1 unspecified atom stereocenters. The molecule has 0 aliphatic carbocycles. The average Bonchev–Trinajstić information content (AvgIpc) is 2.39. The fourth-order valence-electron chi connectivity index (χ4n) is 1.90. The van der Waals surface area contributed by atoms with Crippen LogP contribution in [0.2, 0.25) is 0 Å². The van der Waals surface area contributed by atoms with Crippen LogP contribution in [-0.4, -0.2) is 24.9 Å². The summed E-state index contributed by atoms with van der Waals surface area (Å²) in [4.78, 5) is 0. The Labute approximate surface area is 110 Å². The number of hydrogen-bond donors (Lipinski definition) is 2. The molecule has 0 radical (unpaired) electrons. The maximum absolute atomic E-state index is 9.16. The predicted molar refractivity (Wildman–Crippen MR) is 74.9 cm³/mol. The van der Waals surface area contributed by atoms with Crippen molar-refractivity contribution >= 4 is 0 Å². The van der Waals surface area contributed by atoms with Gasteiger partial charge in [-0.3, -0.25) is 0 Å². The van der Waals surface area contributed by atoms with Crippen molar-refractivity contribution in [1.82, 2.24) is 0 Å². The minimum absolute atomic E-state index is 0.160. The third-order valence-electron chi connectivity index (χ3n) is 3.09. The van der Waals surface area contributed by atoms with Crippen LogP contribution in [0.5, 0.6) is 5.75 Å². The fraction of sp³-hybridized carbons (Fsp3) is 0.600. The predicted octanol–water partition coefficient (Wildman–Crippen LogP) is 2.28. The Morgan fingerprint density at radius 2 is 2.17 bits per heavy atom. The summed E-state index contributed by atoms with van der Waals surface area (Å²) in [6.07, 6.45) is 2.82. The Morgan fingerprint density at radius 3 is 2.78 bits per heavy atom. The van der Waals surface area contributed by atoms with E-state index in [0.29, 0.717) is 6.54 Å². The van der Waals surface area contributed by atoms with Crippen LogP contribution in [0.4, 0.5) is 0 Å². The molecule has 1 aromatic carbocycles. The molecule has 3 heteroatoms. The number of nitrogens with two attached hydrogens (primary N) is 1. The van der Waals surface area contributed by atoms with Crippen molar-refractivity contribution in [3.8, 4) is 5.75 Å². The van der Waals surface area contributed by atoms with Gasteiger partial charge >= 0.3 is 0 Å². The lowest BCUT2D eigenvalue weighted by molar-refractivity contribution is 0.222. The fourth-order valence-corrected chi connectivity index (χ4v) is 1.90. The molecule has 0 amide bonds. The number of rotatable bonds is 8. The van der Waals surface area contributed by atoms with Gasteiger partial charge in [-0.2, -0.15) is 0 Å². The molecule has 102 valence electrons. The molecular formula is C15H25NO2. The highest BCUT2D eigenvalue weighted by molar-refractivity contribution is 5.37. The molecule has 1 atom stereocenters. The van der Waals surface area contributed by atoms with E-state index >= 15 is 0 Å². The van der Waals surface area contributed by atoms with Gasteiger partial charge in [0.15, 0.2) is 0 Å². The lowest BCUT2D eigenvalue weighted by Gasteiger charge is -2.15. The van der Waals surface area contributed by atoms with E-state index in [0.717, 1.165) is 31.6 Å². The standard InChI is InChI=1S/C15H25NO2/c1-3-8-18-15-7-4-12(2)9-14(15)6-5-13(10-16)11-17/h4,7,9,13,17H,3,5-6,8,10-11,16H2,1-2H3. The van der Waals surface area contributed by atoms with Crippen LogP contribution in [0.25, 0.3) is 0 Å². The molecule has 1 rings (SSSR count). The molecule has 0 saturated heterocycles. The second-order valence-corrected chi connectivity index (χ2v) is 4.78. The topological polar surface area (TPSA) is 55.5 Å². The highest BCUT2D eigenvalue weighted by Gasteiger charge is 2.09. The van der Waals surface area contributed by atoms with Crippen LogP contribution in [0, 0.1) is 12.8 Å². The van der Waals surface area contributed by atoms with Gasteiger partial charge in [0.1, 0.15) is 5.75 Å². The van der Waals surface area contributed by atoms with Crippen molar-refractivity contribution in [2.24, 2.45) is 11.7 Å². The van der Waals surface area contributed by atoms with Crippen LogP contribution in [0.1, 0.15) is 30.9 Å². The quantitative estimate of drug-likeness (QED) is 0.745. The summed E-state index contributed by atoms with van der Waals surface area (Å²) >= 11 is 0. The van der Waals surface area contributed by atoms with Gasteiger partial charge in [0.25, 0.3) is 0 Å². The normalized spacial score (nSPS) is 12.4. The Kier molecular flexibility index (Phi) is 6.76. The Morgan fingerprint density at radius 1 is 1.39 bits per heavy atom. The van der Waals surface area contributed by atoms with Crippen LogP contribution in [-0.2, 0) is 6.42 Å². The van der Waals surface area contributed by atoms with Crippen LogP contribution < -0.4 is 10.5 Å². The van der Waals surface area contributed by atoms with Gasteiger partial charge in [0.05, 0.1) is 6.61 Å². The average molecular weight is 251 g/mol. The Hall–Kier alpha value is -1.06. The summed E-state index contributed by atoms with van der Waals surface area (Å²) in [5.74, 6) is 1.15. The molecule has 0 bridgehead atoms. The smallest absolute Gasteiger partial charge is 0.122 e. The molecule has 0 spiro atoms. The van der Waals surface area contributed by atoms with E-state index in [2.05, 4.69) is 26.0 Å². The molecule has 3 nitrogen and oxygen atoms in total. The molecule has 18 heavy (non-hydrogen) atoms. The SMILES string of the molecule is CCCOc1ccc(C)cc1CCC(CN)CO. The number of benzene rings is 1. The zero-order valence-electron chi connectivity index (χ0n) is 11.5. The lowest BCUT2D eigenvalue weighted by Crippen LogP contribution is -2.18. The second kappa shape index (κ2) is 8.11. The first-order chi connectivity index (χ1) is 8.71. The van der Waals surface area contributed by atoms with Crippen molar-refractivity contribution < 1.29 is 9.84 Å². The first-order valence-electron chi connectivity index (χ1n) is 6.74. The van der Waals surface area contributed by atoms with E-state index in [1.165, 1.54) is 11.1 Å². The lowest BCUT2D eigenvalue weighted by atomic mass is 9.98. The summed E-state index contributed by atoms with van der Waals surface area (Å²) in [6, 6.07) is 6.27. The third-order valence-corrected chi connectivity index (χ3v) is 3.09. The highest BCUT2D eigenvalue weighted by atomic mass is 16.5. The van der Waals surface area contributed by atoms with Crippen molar-refractivity contribution in [1.29, 1.82) is 0 Å². The van der Waals surface area contributed by atoms with Crippen LogP contribution in [0.15, 0.2) is 18.2 Å². The molecule has 1 aromatic rings. The number of aryl methyl sites for hydroxylation is 2. The van der Waals surface area contributed by atoms with Gasteiger partial charge < -0.3 is 15.6 Å². The van der Waals surface area contributed by atoms with E-state index in [-0.39, 0.29) is 12.5 Å². The first-order valence-corrected chi connectivity index (χ1v) is 6.74. The molecule has 0 heterocycles. The zero-order chi connectivity index (χ0) is 13.4. The van der Waals surface area contributed by atoms with Gasteiger partial charge in [-0.05, 0) is 50.3 Å². The Bertz CT molecular complexity index is 348. The van der Waals surface area contributed by atoms with E-state index < -0.39 is 0 Å². The minimum atomic E-state index is 0.160. The van der Waals surface area contributed by atoms with Gasteiger partial charge in [-0.15, -0.1) is 0 Å². The van der Waals surface area contributed by atoms with Crippen molar-refractivity contribution in [2.75, 3.05) is 19.8 Å². The van der Waals surface area contributed by atoms with E-state index in [1.807, 2.05) is 6.07 Å². The molecule has 0 aliphatic heterocycles. The van der Waals surface area contributed by atoms with Crippen LogP contribution in [0.3, 0.4) is 0 Å². The number of aliphatic hydroxyl groups is 1. The van der Waals surface area contributed by atoms with Gasteiger partial charge in [0.2, 0.25) is 0 Å². The maximum atomic E-state index is 9.16. The molecule has 0 fully saturated rings. The van der Waals surface area contributed by atoms with Crippen molar-refractivity contribution in [3.05, 3.63) is 29.3 Å². The third kappa shape index (κ3) is 4.67. The second-order valence-electron chi connectivity index (χ2n) is 4.78.